The first-order valence-electron chi connectivity index (χ1n) is 20.7. The summed E-state index contributed by atoms with van der Waals surface area (Å²) in [5, 5.41) is 27.9. The Morgan fingerprint density at radius 3 is 1.75 bits per heavy atom. The number of ether oxygens (including phenoxy) is 2. The predicted octanol–water partition coefficient (Wildman–Crippen LogP) is 8.30. The molecule has 0 radical (unpaired) electrons. The topological polar surface area (TPSA) is 147 Å². The van der Waals surface area contributed by atoms with E-state index in [2.05, 4.69) is 103 Å². The fraction of sp³-hybridized carbons (Fsp3) is 0.292. The molecule has 4 aromatic carbocycles. The number of rotatable bonds is 4. The van der Waals surface area contributed by atoms with Crippen molar-refractivity contribution in [3.8, 4) is 12.1 Å². The molecule has 12 nitrogen and oxygen atoms in total. The van der Waals surface area contributed by atoms with Gasteiger partial charge >= 0.3 is 0 Å². The lowest BCUT2D eigenvalue weighted by atomic mass is 10.1. The van der Waals surface area contributed by atoms with Gasteiger partial charge in [0, 0.05) is 76.6 Å². The highest BCUT2D eigenvalue weighted by Crippen LogP contribution is 2.34. The number of benzene rings is 4. The molecule has 0 spiro atoms. The number of pyridine rings is 2. The van der Waals surface area contributed by atoms with Crippen LogP contribution in [0.25, 0.3) is 21.8 Å². The molecule has 2 fully saturated rings. The summed E-state index contributed by atoms with van der Waals surface area (Å²) >= 11 is 3.66. The van der Waals surface area contributed by atoms with Gasteiger partial charge in [-0.15, -0.1) is 0 Å². The van der Waals surface area contributed by atoms with Crippen molar-refractivity contribution in [2.24, 2.45) is 9.98 Å². The van der Waals surface area contributed by atoms with E-state index in [0.717, 1.165) is 99.7 Å². The van der Waals surface area contributed by atoms with Crippen molar-refractivity contribution in [3.63, 3.8) is 0 Å². The molecule has 4 aliphatic rings. The third kappa shape index (κ3) is 8.37. The van der Waals surface area contributed by atoms with Crippen LogP contribution in [0.3, 0.4) is 0 Å². The zero-order valence-electron chi connectivity index (χ0n) is 34.1. The van der Waals surface area contributed by atoms with Crippen molar-refractivity contribution in [3.05, 3.63) is 130 Å². The Labute approximate surface area is 363 Å². The molecule has 61 heavy (non-hydrogen) atoms. The quantitative estimate of drug-likeness (QED) is 0.177. The highest BCUT2D eigenvalue weighted by atomic mass is 79.9. The van der Waals surface area contributed by atoms with E-state index in [4.69, 9.17) is 19.5 Å². The lowest BCUT2D eigenvalue weighted by Crippen LogP contribution is -2.51. The molecule has 0 bridgehead atoms. The Morgan fingerprint density at radius 2 is 1.16 bits per heavy atom. The molecule has 0 saturated carbocycles. The Balaban J connectivity index is 0.000000156. The van der Waals surface area contributed by atoms with Crippen LogP contribution in [0.2, 0.25) is 0 Å². The molecule has 0 unspecified atom stereocenters. The average molecular weight is 874 g/mol. The summed E-state index contributed by atoms with van der Waals surface area (Å²) < 4.78 is 13.7. The minimum absolute atomic E-state index is 0.0378. The zero-order chi connectivity index (χ0) is 41.9. The zero-order valence-corrected chi connectivity index (χ0v) is 35.6. The maximum absolute atomic E-state index is 9.47. The van der Waals surface area contributed by atoms with E-state index in [1.807, 2.05) is 60.7 Å². The SMILES string of the molecule is C[C@@H]1CN(c2ccc(C#N)c3ncccc23)C[C@H](C2=NCCc3c(Br)cccc3N2)O1.C[C@@H]1CN(c2ccc(C#N)c3ncccc23)C[C@H](C2=NCCc3ccccc3N2)O1. The van der Waals surface area contributed by atoms with Crippen molar-refractivity contribution < 1.29 is 9.47 Å². The van der Waals surface area contributed by atoms with E-state index >= 15 is 0 Å². The number of anilines is 4. The number of nitrogens with zero attached hydrogens (tertiary/aromatic N) is 8. The number of nitrogens with one attached hydrogen (secondary N) is 2. The largest absolute Gasteiger partial charge is 0.365 e. The monoisotopic (exact) mass is 872 g/mol. The standard InChI is InChI=1S/C24H22BrN5O.C24H23N5O/c1-15-13-30(21-8-7-16(12-26)23-18(21)4-3-10-27-23)14-22(31-15)24-28-11-9-17-19(25)5-2-6-20(17)29-24;1-16-14-29(21-9-8-18(13-25)23-19(21)6-4-11-26-23)15-22(30-16)24-27-12-10-17-5-2-3-7-20(17)28-24/h2-8,10,15,22H,9,11,13-14H2,1H3,(H,28,29);2-9,11,16,22H,10,12,14-15H2,1H3,(H,27,28)/t15-,22-;16-,22-/m11/s1. The number of halogens is 1. The molecular formula is C48H45BrN10O2. The summed E-state index contributed by atoms with van der Waals surface area (Å²) in [6, 6.07) is 34.7. The first kappa shape index (κ1) is 40.0. The second-order valence-electron chi connectivity index (χ2n) is 15.7. The van der Waals surface area contributed by atoms with Gasteiger partial charge in [0.05, 0.1) is 47.5 Å². The maximum atomic E-state index is 9.47. The second-order valence-corrected chi connectivity index (χ2v) is 16.5. The van der Waals surface area contributed by atoms with Crippen LogP contribution in [0.4, 0.5) is 22.7 Å². The van der Waals surface area contributed by atoms with Gasteiger partial charge in [0.25, 0.3) is 0 Å². The number of morpholine rings is 2. The van der Waals surface area contributed by atoms with E-state index in [9.17, 15) is 10.5 Å². The van der Waals surface area contributed by atoms with Crippen LogP contribution in [0.1, 0.15) is 36.1 Å². The molecule has 6 aromatic rings. The van der Waals surface area contributed by atoms with Gasteiger partial charge in [-0.2, -0.15) is 10.5 Å². The van der Waals surface area contributed by atoms with Crippen molar-refractivity contribution in [1.82, 2.24) is 9.97 Å². The summed E-state index contributed by atoms with van der Waals surface area (Å²) in [5.41, 5.74) is 9.52. The van der Waals surface area contributed by atoms with Gasteiger partial charge in [0.15, 0.2) is 0 Å². The van der Waals surface area contributed by atoms with Crippen molar-refractivity contribution in [2.75, 3.05) is 59.7 Å². The molecule has 10 rings (SSSR count). The van der Waals surface area contributed by atoms with Crippen LogP contribution >= 0.6 is 15.9 Å². The molecule has 2 aromatic heterocycles. The van der Waals surface area contributed by atoms with Crippen LogP contribution in [-0.2, 0) is 22.3 Å². The third-order valence-corrected chi connectivity index (χ3v) is 12.3. The number of hydrogen-bond donors (Lipinski definition) is 2. The number of hydrogen-bond acceptors (Lipinski definition) is 12. The molecule has 0 amide bonds. The minimum atomic E-state index is -0.170. The molecule has 4 aliphatic heterocycles. The lowest BCUT2D eigenvalue weighted by molar-refractivity contribution is 0.0203. The van der Waals surface area contributed by atoms with E-state index in [-0.39, 0.29) is 24.4 Å². The van der Waals surface area contributed by atoms with E-state index in [1.165, 1.54) is 11.1 Å². The van der Waals surface area contributed by atoms with Crippen LogP contribution in [0.5, 0.6) is 0 Å². The summed E-state index contributed by atoms with van der Waals surface area (Å²) in [6.45, 7) is 8.55. The first-order valence-corrected chi connectivity index (χ1v) is 21.5. The van der Waals surface area contributed by atoms with Crippen molar-refractivity contribution in [1.29, 1.82) is 10.5 Å². The Kier molecular flexibility index (Phi) is 11.6. The van der Waals surface area contributed by atoms with Crippen molar-refractivity contribution >= 4 is 72.2 Å². The van der Waals surface area contributed by atoms with Crippen LogP contribution in [-0.4, -0.2) is 85.3 Å². The van der Waals surface area contributed by atoms with Gasteiger partial charge < -0.3 is 29.9 Å². The highest BCUT2D eigenvalue weighted by molar-refractivity contribution is 9.10. The fourth-order valence-corrected chi connectivity index (χ4v) is 9.30. The number of nitriles is 2. The normalized spacial score (nSPS) is 21.1. The number of aromatic nitrogens is 2. The molecule has 4 atom stereocenters. The van der Waals surface area contributed by atoms with E-state index < -0.39 is 0 Å². The minimum Gasteiger partial charge on any atom is -0.365 e. The maximum Gasteiger partial charge on any atom is 0.132 e. The number of fused-ring (bicyclic) bond motifs is 4. The van der Waals surface area contributed by atoms with Gasteiger partial charge in [-0.3, -0.25) is 20.0 Å². The molecule has 6 heterocycles. The molecule has 2 saturated heterocycles. The van der Waals surface area contributed by atoms with Gasteiger partial charge in [-0.05, 0) is 105 Å². The molecular weight excluding hydrogens is 828 g/mol. The lowest BCUT2D eigenvalue weighted by Gasteiger charge is -2.39. The van der Waals surface area contributed by atoms with Gasteiger partial charge in [0.2, 0.25) is 0 Å². The second kappa shape index (κ2) is 17.7. The van der Waals surface area contributed by atoms with Crippen molar-refractivity contribution in [2.45, 2.75) is 51.1 Å². The van der Waals surface area contributed by atoms with Gasteiger partial charge in [-0.1, -0.05) is 40.2 Å². The third-order valence-electron chi connectivity index (χ3n) is 11.5. The smallest absolute Gasteiger partial charge is 0.132 e. The Hall–Kier alpha value is -6.38. The number of para-hydroxylation sites is 1. The molecule has 306 valence electrons. The number of amidine groups is 2. The summed E-state index contributed by atoms with van der Waals surface area (Å²) in [7, 11) is 0. The highest BCUT2D eigenvalue weighted by Gasteiger charge is 2.33. The number of aliphatic imine (C=N–C) groups is 2. The Bertz CT molecular complexity index is 2760. The van der Waals surface area contributed by atoms with E-state index in [1.54, 1.807) is 12.4 Å². The van der Waals surface area contributed by atoms with Crippen LogP contribution < -0.4 is 20.4 Å². The van der Waals surface area contributed by atoms with Gasteiger partial charge in [-0.25, -0.2) is 0 Å². The predicted molar refractivity (Wildman–Crippen MR) is 246 cm³/mol. The van der Waals surface area contributed by atoms with E-state index in [0.29, 0.717) is 24.2 Å². The summed E-state index contributed by atoms with van der Waals surface area (Å²) in [4.78, 5) is 23.2. The average Bonchev–Trinajstić information content (AvgIpc) is 3.66. The fourth-order valence-electron chi connectivity index (χ4n) is 8.74. The van der Waals surface area contributed by atoms with Gasteiger partial charge in [0.1, 0.15) is 36.0 Å². The van der Waals surface area contributed by atoms with Crippen LogP contribution in [0, 0.1) is 22.7 Å². The van der Waals surface area contributed by atoms with Crippen LogP contribution in [0.15, 0.2) is 118 Å². The summed E-state index contributed by atoms with van der Waals surface area (Å²) in [6.07, 6.45) is 5.04. The molecule has 13 heteroatoms. The Morgan fingerprint density at radius 1 is 0.623 bits per heavy atom. The summed E-state index contributed by atoms with van der Waals surface area (Å²) in [5.74, 6) is 1.75. The first-order chi connectivity index (χ1) is 29.9. The molecule has 0 aliphatic carbocycles. The molecule has 2 N–H and O–H groups in total.